The van der Waals surface area contributed by atoms with Gasteiger partial charge in [0.2, 0.25) is 0 Å². The SMILES string of the molecule is O/N=C\Cl. The van der Waals surface area contributed by atoms with E-state index >= 15 is 0 Å². The van der Waals surface area contributed by atoms with Crippen molar-refractivity contribution < 1.29 is 5.21 Å². The molecule has 0 spiro atoms. The van der Waals surface area contributed by atoms with Crippen molar-refractivity contribution in [3.8, 4) is 0 Å². The lowest BCUT2D eigenvalue weighted by molar-refractivity contribution is 0.323. The third-order valence-corrected chi connectivity index (χ3v) is 0.131. The summed E-state index contributed by atoms with van der Waals surface area (Å²) in [6.07, 6.45) is 0. The minimum absolute atomic E-state index is 0.778. The molecule has 2 nitrogen and oxygen atoms in total. The molecule has 0 fully saturated rings. The summed E-state index contributed by atoms with van der Waals surface area (Å²) in [5.41, 5.74) is 0.778. The van der Waals surface area contributed by atoms with Gasteiger partial charge < -0.3 is 5.21 Å². The Morgan fingerprint density at radius 1 is 2.00 bits per heavy atom. The zero-order valence-corrected chi connectivity index (χ0v) is 2.61. The van der Waals surface area contributed by atoms with Gasteiger partial charge >= 0.3 is 0 Å². The lowest BCUT2D eigenvalue weighted by Gasteiger charge is -1.51. The number of hydrogen-bond acceptors (Lipinski definition) is 2. The number of halogens is 1. The molecule has 24 valence electrons. The topological polar surface area (TPSA) is 32.6 Å². The van der Waals surface area contributed by atoms with E-state index in [-0.39, 0.29) is 0 Å². The first-order valence-electron chi connectivity index (χ1n) is 0.676. The van der Waals surface area contributed by atoms with Crippen LogP contribution in [0.1, 0.15) is 0 Å². The predicted octanol–water partition coefficient (Wildman–Crippen LogP) is 0.643. The van der Waals surface area contributed by atoms with E-state index in [0.29, 0.717) is 0 Å². The molecule has 0 aliphatic heterocycles. The van der Waals surface area contributed by atoms with Crippen molar-refractivity contribution in [2.24, 2.45) is 5.16 Å². The van der Waals surface area contributed by atoms with Crippen LogP contribution in [0.3, 0.4) is 0 Å². The monoisotopic (exact) mass is 79.0 g/mol. The maximum Gasteiger partial charge on any atom is 0.132 e. The van der Waals surface area contributed by atoms with E-state index in [4.69, 9.17) is 5.21 Å². The van der Waals surface area contributed by atoms with E-state index in [1.54, 1.807) is 0 Å². The van der Waals surface area contributed by atoms with Gasteiger partial charge in [-0.15, -0.1) is 0 Å². The van der Waals surface area contributed by atoms with Crippen molar-refractivity contribution in [2.45, 2.75) is 0 Å². The zero-order valence-electron chi connectivity index (χ0n) is 1.85. The standard InChI is InChI=1S/CH2ClNO/c2-1-3-4/h1,4H/b3-1-. The number of oxime groups is 1. The smallest absolute Gasteiger partial charge is 0.132 e. The molecule has 0 amide bonds. The van der Waals surface area contributed by atoms with Gasteiger partial charge in [-0.25, -0.2) is 0 Å². The van der Waals surface area contributed by atoms with E-state index in [0.717, 1.165) is 5.67 Å². The number of rotatable bonds is 0. The van der Waals surface area contributed by atoms with Gasteiger partial charge in [-0.1, -0.05) is 16.8 Å². The fourth-order valence-electron chi connectivity index (χ4n) is 0. The molecule has 0 rings (SSSR count). The summed E-state index contributed by atoms with van der Waals surface area (Å²) in [7, 11) is 0. The Bertz CT molecular complexity index is 23.2. The molecule has 3 heteroatoms. The summed E-state index contributed by atoms with van der Waals surface area (Å²) in [4.78, 5) is 0. The molecule has 0 aromatic carbocycles. The van der Waals surface area contributed by atoms with Crippen molar-refractivity contribution >= 4 is 17.3 Å². The first-order chi connectivity index (χ1) is 1.91. The maximum absolute atomic E-state index is 7.31. The Morgan fingerprint density at radius 2 is 2.25 bits per heavy atom. The molecular formula is CH2ClNO. The molecule has 0 aliphatic rings. The van der Waals surface area contributed by atoms with Gasteiger partial charge in [-0.05, 0) is 0 Å². The van der Waals surface area contributed by atoms with Crippen LogP contribution in [0.25, 0.3) is 0 Å². The Labute approximate surface area is 28.7 Å². The van der Waals surface area contributed by atoms with Crippen LogP contribution in [0.4, 0.5) is 0 Å². The van der Waals surface area contributed by atoms with E-state index in [1.165, 1.54) is 0 Å². The van der Waals surface area contributed by atoms with Crippen LogP contribution >= 0.6 is 11.6 Å². The fraction of sp³-hybridized carbons (Fsp3) is 0. The molecule has 0 saturated heterocycles. The number of nitrogens with zero attached hydrogens (tertiary/aromatic N) is 1. The molecule has 0 aliphatic carbocycles. The van der Waals surface area contributed by atoms with Crippen molar-refractivity contribution in [2.75, 3.05) is 0 Å². The van der Waals surface area contributed by atoms with Crippen molar-refractivity contribution in [1.82, 2.24) is 0 Å². The van der Waals surface area contributed by atoms with Crippen LogP contribution in [-0.4, -0.2) is 10.9 Å². The third-order valence-electron chi connectivity index (χ3n) is 0.0436. The summed E-state index contributed by atoms with van der Waals surface area (Å²) in [5, 5.41) is 9.69. The van der Waals surface area contributed by atoms with Crippen LogP contribution in [0.15, 0.2) is 5.16 Å². The molecule has 0 heterocycles. The second-order valence-electron chi connectivity index (χ2n) is 0.213. The average molecular weight is 79.5 g/mol. The van der Waals surface area contributed by atoms with Crippen molar-refractivity contribution in [3.63, 3.8) is 0 Å². The summed E-state index contributed by atoms with van der Waals surface area (Å²) in [6.45, 7) is 0. The molecule has 0 unspecified atom stereocenters. The van der Waals surface area contributed by atoms with E-state index in [2.05, 4.69) is 16.8 Å². The molecule has 0 bridgehead atoms. The molecule has 0 atom stereocenters. The second-order valence-corrected chi connectivity index (χ2v) is 0.408. The molecule has 0 aromatic heterocycles. The van der Waals surface area contributed by atoms with Gasteiger partial charge in [-0.3, -0.25) is 0 Å². The number of hydrogen-bond donors (Lipinski definition) is 1. The average Bonchev–Trinajstić information content (AvgIpc) is 1.37. The summed E-state index contributed by atoms with van der Waals surface area (Å²) >= 11 is 4.64. The highest BCUT2D eigenvalue weighted by atomic mass is 35.5. The van der Waals surface area contributed by atoms with E-state index < -0.39 is 0 Å². The Balaban J connectivity index is 2.55. The van der Waals surface area contributed by atoms with E-state index in [9.17, 15) is 0 Å². The molecular weight excluding hydrogens is 77.5 g/mol. The summed E-state index contributed by atoms with van der Waals surface area (Å²) in [5.74, 6) is 0. The lowest BCUT2D eigenvalue weighted by Crippen LogP contribution is -1.43. The Morgan fingerprint density at radius 3 is 2.25 bits per heavy atom. The van der Waals surface area contributed by atoms with Crippen molar-refractivity contribution in [3.05, 3.63) is 0 Å². The normalized spacial score (nSPS) is 9.25. The maximum atomic E-state index is 7.31. The second kappa shape index (κ2) is 2.76. The summed E-state index contributed by atoms with van der Waals surface area (Å²) in [6, 6.07) is 0. The van der Waals surface area contributed by atoms with Crippen LogP contribution in [-0.2, 0) is 0 Å². The first-order valence-corrected chi connectivity index (χ1v) is 1.11. The van der Waals surface area contributed by atoms with E-state index in [1.807, 2.05) is 0 Å². The van der Waals surface area contributed by atoms with Crippen LogP contribution in [0.2, 0.25) is 0 Å². The van der Waals surface area contributed by atoms with Gasteiger partial charge in [0.15, 0.2) is 0 Å². The lowest BCUT2D eigenvalue weighted by atomic mass is 11.7. The molecule has 0 aromatic rings. The zero-order chi connectivity index (χ0) is 3.41. The largest absolute Gasteiger partial charge is 0.410 e. The van der Waals surface area contributed by atoms with Gasteiger partial charge in [0.25, 0.3) is 0 Å². The van der Waals surface area contributed by atoms with Gasteiger partial charge in [0.05, 0.1) is 0 Å². The van der Waals surface area contributed by atoms with Crippen LogP contribution < -0.4 is 0 Å². The summed E-state index contributed by atoms with van der Waals surface area (Å²) < 4.78 is 0. The van der Waals surface area contributed by atoms with Gasteiger partial charge in [0, 0.05) is 0 Å². The van der Waals surface area contributed by atoms with Gasteiger partial charge in [0.1, 0.15) is 5.67 Å². The van der Waals surface area contributed by atoms with Crippen LogP contribution in [0.5, 0.6) is 0 Å². The predicted molar refractivity (Wildman–Crippen MR) is 16.1 cm³/mol. The van der Waals surface area contributed by atoms with Crippen molar-refractivity contribution in [1.29, 1.82) is 0 Å². The van der Waals surface area contributed by atoms with Crippen LogP contribution in [0, 0.1) is 0 Å². The van der Waals surface area contributed by atoms with Gasteiger partial charge in [-0.2, -0.15) is 0 Å². The highest BCUT2D eigenvalue weighted by Gasteiger charge is 1.38. The highest BCUT2D eigenvalue weighted by molar-refractivity contribution is 6.56. The quantitative estimate of drug-likeness (QED) is 0.258. The third kappa shape index (κ3) is 1.76. The molecule has 1 N–H and O–H groups in total. The Kier molecular flexibility index (Phi) is 2.59. The highest BCUT2D eigenvalue weighted by Crippen LogP contribution is 1.53. The minimum Gasteiger partial charge on any atom is -0.410 e. The molecule has 0 saturated carbocycles. The minimum atomic E-state index is 0.778. The Hall–Kier alpha value is -0.240. The fourth-order valence-corrected chi connectivity index (χ4v) is 0. The first kappa shape index (κ1) is 3.76. The molecule has 0 radical (unpaired) electrons. The molecule has 4 heavy (non-hydrogen) atoms.